The second kappa shape index (κ2) is 7.29. The molecule has 1 aliphatic rings. The molecule has 110 valence electrons. The lowest BCUT2D eigenvalue weighted by atomic mass is 10.2. The summed E-state index contributed by atoms with van der Waals surface area (Å²) in [6.07, 6.45) is 2.87. The number of hydrogen-bond acceptors (Lipinski definition) is 3. The summed E-state index contributed by atoms with van der Waals surface area (Å²) < 4.78 is 5.16. The maximum Gasteiger partial charge on any atom is 0.224 e. The van der Waals surface area contributed by atoms with Crippen LogP contribution in [0.15, 0.2) is 24.3 Å². The van der Waals surface area contributed by atoms with Crippen molar-refractivity contribution in [3.05, 3.63) is 29.8 Å². The highest BCUT2D eigenvalue weighted by Crippen LogP contribution is 2.29. The number of rotatable bonds is 8. The fourth-order valence-corrected chi connectivity index (χ4v) is 2.25. The van der Waals surface area contributed by atoms with Crippen LogP contribution in [0.3, 0.4) is 0 Å². The normalized spacial score (nSPS) is 14.1. The van der Waals surface area contributed by atoms with Gasteiger partial charge in [-0.3, -0.25) is 4.79 Å². The van der Waals surface area contributed by atoms with Gasteiger partial charge in [0.1, 0.15) is 5.75 Å². The van der Waals surface area contributed by atoms with Crippen LogP contribution in [0.4, 0.5) is 0 Å². The molecule has 0 saturated heterocycles. The lowest BCUT2D eigenvalue weighted by Crippen LogP contribution is -2.34. The summed E-state index contributed by atoms with van der Waals surface area (Å²) in [6.45, 7) is 4.44. The molecular weight excluding hydrogens is 252 g/mol. The van der Waals surface area contributed by atoms with Gasteiger partial charge in [-0.25, -0.2) is 0 Å². The van der Waals surface area contributed by atoms with Crippen molar-refractivity contribution >= 4 is 5.91 Å². The topological polar surface area (TPSA) is 41.6 Å². The van der Waals surface area contributed by atoms with Gasteiger partial charge in [0.25, 0.3) is 0 Å². The Hall–Kier alpha value is -1.55. The molecule has 0 aliphatic heterocycles. The van der Waals surface area contributed by atoms with Crippen LogP contribution in [0.1, 0.15) is 31.7 Å². The Balaban J connectivity index is 1.92. The highest BCUT2D eigenvalue weighted by Gasteiger charge is 2.32. The number of amides is 1. The molecule has 0 bridgehead atoms. The molecule has 1 fully saturated rings. The van der Waals surface area contributed by atoms with Gasteiger partial charge in [-0.2, -0.15) is 0 Å². The van der Waals surface area contributed by atoms with Crippen LogP contribution < -0.4 is 10.1 Å². The smallest absolute Gasteiger partial charge is 0.224 e. The fraction of sp³-hybridized carbons (Fsp3) is 0.562. The second-order valence-corrected chi connectivity index (χ2v) is 5.20. The molecule has 0 spiro atoms. The summed E-state index contributed by atoms with van der Waals surface area (Å²) in [5.74, 6) is 1.11. The predicted molar refractivity (Wildman–Crippen MR) is 79.7 cm³/mol. The Kier molecular flexibility index (Phi) is 5.41. The monoisotopic (exact) mass is 276 g/mol. The molecule has 0 radical (unpaired) electrons. The van der Waals surface area contributed by atoms with E-state index in [0.29, 0.717) is 19.0 Å². The minimum absolute atomic E-state index is 0.254. The van der Waals surface area contributed by atoms with Crippen molar-refractivity contribution in [2.45, 2.75) is 38.8 Å². The minimum atomic E-state index is 0.254. The van der Waals surface area contributed by atoms with E-state index in [0.717, 1.165) is 37.2 Å². The van der Waals surface area contributed by atoms with Crippen LogP contribution in [0, 0.1) is 0 Å². The van der Waals surface area contributed by atoms with Gasteiger partial charge in [0.15, 0.2) is 0 Å². The number of nitrogens with one attached hydrogen (secondary N) is 1. The number of nitrogens with zero attached hydrogens (tertiary/aromatic N) is 1. The molecule has 1 aromatic carbocycles. The first-order chi connectivity index (χ1) is 9.74. The molecule has 1 amide bonds. The molecule has 1 aliphatic carbocycles. The first-order valence-electron chi connectivity index (χ1n) is 7.37. The number of hydrogen-bond donors (Lipinski definition) is 1. The SMILES string of the molecule is CCNCCC(=O)N(Cc1ccc(OC)cc1)C1CC1. The van der Waals surface area contributed by atoms with Gasteiger partial charge in [-0.15, -0.1) is 0 Å². The summed E-state index contributed by atoms with van der Waals surface area (Å²) in [4.78, 5) is 14.3. The molecule has 1 saturated carbocycles. The zero-order chi connectivity index (χ0) is 14.4. The van der Waals surface area contributed by atoms with Gasteiger partial charge in [-0.05, 0) is 37.1 Å². The van der Waals surface area contributed by atoms with Crippen LogP contribution >= 0.6 is 0 Å². The first kappa shape index (κ1) is 14.9. The molecule has 1 N–H and O–H groups in total. The van der Waals surface area contributed by atoms with Crippen molar-refractivity contribution in [1.82, 2.24) is 10.2 Å². The van der Waals surface area contributed by atoms with Gasteiger partial charge in [0.2, 0.25) is 5.91 Å². The molecular formula is C16H24N2O2. The summed E-state index contributed by atoms with van der Waals surface area (Å²) >= 11 is 0. The van der Waals surface area contributed by atoms with Gasteiger partial charge in [-0.1, -0.05) is 19.1 Å². The van der Waals surface area contributed by atoms with Crippen molar-refractivity contribution in [3.8, 4) is 5.75 Å². The molecule has 0 heterocycles. The largest absolute Gasteiger partial charge is 0.497 e. The lowest BCUT2D eigenvalue weighted by Gasteiger charge is -2.23. The predicted octanol–water partition coefficient (Wildman–Crippen LogP) is 2.19. The number of ether oxygens (including phenoxy) is 1. The second-order valence-electron chi connectivity index (χ2n) is 5.20. The third-order valence-corrected chi connectivity index (χ3v) is 3.59. The van der Waals surface area contributed by atoms with Crippen molar-refractivity contribution in [1.29, 1.82) is 0 Å². The van der Waals surface area contributed by atoms with E-state index >= 15 is 0 Å². The molecule has 0 aromatic heterocycles. The van der Waals surface area contributed by atoms with E-state index < -0.39 is 0 Å². The quantitative estimate of drug-likeness (QED) is 0.740. The molecule has 4 heteroatoms. The van der Waals surface area contributed by atoms with E-state index in [1.807, 2.05) is 29.2 Å². The van der Waals surface area contributed by atoms with Crippen LogP contribution in [0.25, 0.3) is 0 Å². The van der Waals surface area contributed by atoms with E-state index in [1.165, 1.54) is 0 Å². The van der Waals surface area contributed by atoms with E-state index in [2.05, 4.69) is 12.2 Å². The lowest BCUT2D eigenvalue weighted by molar-refractivity contribution is -0.132. The highest BCUT2D eigenvalue weighted by molar-refractivity contribution is 5.77. The Bertz CT molecular complexity index is 427. The van der Waals surface area contributed by atoms with Crippen molar-refractivity contribution < 1.29 is 9.53 Å². The summed E-state index contributed by atoms with van der Waals surface area (Å²) in [7, 11) is 1.66. The Morgan fingerprint density at radius 3 is 2.60 bits per heavy atom. The van der Waals surface area contributed by atoms with Gasteiger partial charge < -0.3 is 15.0 Å². The van der Waals surface area contributed by atoms with Crippen LogP contribution in [-0.2, 0) is 11.3 Å². The summed E-state index contributed by atoms with van der Waals surface area (Å²) in [6, 6.07) is 8.41. The third-order valence-electron chi connectivity index (χ3n) is 3.59. The molecule has 0 atom stereocenters. The maximum absolute atomic E-state index is 12.3. The van der Waals surface area contributed by atoms with Crippen LogP contribution in [0.2, 0.25) is 0 Å². The molecule has 2 rings (SSSR count). The Morgan fingerprint density at radius 1 is 1.35 bits per heavy atom. The Labute approximate surface area is 121 Å². The molecule has 20 heavy (non-hydrogen) atoms. The first-order valence-corrected chi connectivity index (χ1v) is 7.37. The van der Waals surface area contributed by atoms with E-state index in [1.54, 1.807) is 7.11 Å². The van der Waals surface area contributed by atoms with E-state index in [9.17, 15) is 4.79 Å². The summed E-state index contributed by atoms with van der Waals surface area (Å²) in [5, 5.41) is 3.21. The van der Waals surface area contributed by atoms with Crippen molar-refractivity contribution in [2.24, 2.45) is 0 Å². The Morgan fingerprint density at radius 2 is 2.05 bits per heavy atom. The zero-order valence-corrected chi connectivity index (χ0v) is 12.4. The van der Waals surface area contributed by atoms with Crippen LogP contribution in [0.5, 0.6) is 5.75 Å². The third kappa shape index (κ3) is 4.23. The van der Waals surface area contributed by atoms with Gasteiger partial charge in [0, 0.05) is 25.6 Å². The standard InChI is InChI=1S/C16H24N2O2/c1-3-17-11-10-16(19)18(14-6-7-14)12-13-4-8-15(20-2)9-5-13/h4-5,8-9,14,17H,3,6-7,10-12H2,1-2H3. The van der Waals surface area contributed by atoms with E-state index in [4.69, 9.17) is 4.74 Å². The van der Waals surface area contributed by atoms with Crippen LogP contribution in [-0.4, -0.2) is 37.0 Å². The van der Waals surface area contributed by atoms with Crippen molar-refractivity contribution in [3.63, 3.8) is 0 Å². The minimum Gasteiger partial charge on any atom is -0.497 e. The fourth-order valence-electron chi connectivity index (χ4n) is 2.25. The number of benzene rings is 1. The number of carbonyl (C=O) groups is 1. The number of carbonyl (C=O) groups excluding carboxylic acids is 1. The van der Waals surface area contributed by atoms with Gasteiger partial charge >= 0.3 is 0 Å². The zero-order valence-electron chi connectivity index (χ0n) is 12.4. The molecule has 4 nitrogen and oxygen atoms in total. The maximum atomic E-state index is 12.3. The molecule has 0 unspecified atom stereocenters. The van der Waals surface area contributed by atoms with Crippen molar-refractivity contribution in [2.75, 3.05) is 20.2 Å². The average Bonchev–Trinajstić information content (AvgIpc) is 3.30. The highest BCUT2D eigenvalue weighted by atomic mass is 16.5. The van der Waals surface area contributed by atoms with Gasteiger partial charge in [0.05, 0.1) is 7.11 Å². The summed E-state index contributed by atoms with van der Waals surface area (Å²) in [5.41, 5.74) is 1.16. The van der Waals surface area contributed by atoms with E-state index in [-0.39, 0.29) is 5.91 Å². The number of methoxy groups -OCH3 is 1. The molecule has 1 aromatic rings. The average molecular weight is 276 g/mol.